The lowest BCUT2D eigenvalue weighted by Crippen LogP contribution is -2.40. The molecule has 0 radical (unpaired) electrons. The van der Waals surface area contributed by atoms with Crippen molar-refractivity contribution in [2.45, 2.75) is 45.6 Å². The first kappa shape index (κ1) is 23.7. The van der Waals surface area contributed by atoms with Gasteiger partial charge in [0.15, 0.2) is 5.96 Å². The molecule has 1 amide bonds. The van der Waals surface area contributed by atoms with Crippen LogP contribution in [-0.2, 0) is 16.0 Å². The Labute approximate surface area is 180 Å². The van der Waals surface area contributed by atoms with E-state index in [9.17, 15) is 4.79 Å². The van der Waals surface area contributed by atoms with Gasteiger partial charge in [0.05, 0.1) is 12.1 Å². The minimum Gasteiger partial charge on any atom is -0.377 e. The summed E-state index contributed by atoms with van der Waals surface area (Å²) in [5.41, 5.74) is 2.05. The molecule has 27 heavy (non-hydrogen) atoms. The zero-order valence-corrected chi connectivity index (χ0v) is 19.2. The number of nitrogens with zero attached hydrogens (tertiary/aromatic N) is 2. The molecule has 0 saturated heterocycles. The van der Waals surface area contributed by atoms with Crippen LogP contribution in [0.2, 0.25) is 0 Å². The fraction of sp³-hybridized carbons (Fsp3) is 0.600. The first-order valence-corrected chi connectivity index (χ1v) is 9.42. The second-order valence-corrected chi connectivity index (χ2v) is 7.11. The third-order valence-corrected chi connectivity index (χ3v) is 4.56. The van der Waals surface area contributed by atoms with Gasteiger partial charge in [0.1, 0.15) is 0 Å². The van der Waals surface area contributed by atoms with Crippen LogP contribution in [0.25, 0.3) is 0 Å². The fourth-order valence-electron chi connectivity index (χ4n) is 2.85. The Hall–Kier alpha value is -1.35. The molecular formula is C20H33IN4O2. The van der Waals surface area contributed by atoms with Gasteiger partial charge in [0.2, 0.25) is 5.91 Å². The average molecular weight is 488 g/mol. The number of nitrogens with one attached hydrogen (secondary N) is 2. The SMILES string of the molecule is CCNC(=NCC(C)(C)OC)NCCCC(=O)N1CCc2ccccc21.I. The molecule has 152 valence electrons. The number of guanidine groups is 1. The number of carbonyl (C=O) groups excluding carboxylic acids is 1. The number of fused-ring (bicyclic) bond motifs is 1. The largest absolute Gasteiger partial charge is 0.377 e. The summed E-state index contributed by atoms with van der Waals surface area (Å²) in [7, 11) is 1.69. The Morgan fingerprint density at radius 3 is 2.74 bits per heavy atom. The van der Waals surface area contributed by atoms with Crippen LogP contribution in [-0.4, -0.2) is 50.8 Å². The van der Waals surface area contributed by atoms with Crippen molar-refractivity contribution in [1.29, 1.82) is 0 Å². The number of methoxy groups -OCH3 is 1. The maximum Gasteiger partial charge on any atom is 0.227 e. The monoisotopic (exact) mass is 488 g/mol. The molecule has 1 aromatic carbocycles. The molecular weight excluding hydrogens is 455 g/mol. The van der Waals surface area contributed by atoms with Crippen LogP contribution in [0.3, 0.4) is 0 Å². The van der Waals surface area contributed by atoms with Crippen LogP contribution in [0, 0.1) is 0 Å². The summed E-state index contributed by atoms with van der Waals surface area (Å²) in [4.78, 5) is 19.0. The molecule has 1 aliphatic rings. The topological polar surface area (TPSA) is 66.0 Å². The van der Waals surface area contributed by atoms with E-state index in [4.69, 9.17) is 4.74 Å². The Bertz CT molecular complexity index is 634. The molecule has 0 unspecified atom stereocenters. The minimum atomic E-state index is -0.290. The average Bonchev–Trinajstić information content (AvgIpc) is 3.07. The van der Waals surface area contributed by atoms with Gasteiger partial charge in [-0.3, -0.25) is 9.79 Å². The van der Waals surface area contributed by atoms with E-state index >= 15 is 0 Å². The molecule has 1 aliphatic heterocycles. The maximum atomic E-state index is 12.5. The standard InChI is InChI=1S/C20H32N4O2.HI/c1-5-21-19(23-15-20(2,3)26-4)22-13-8-11-18(25)24-14-12-16-9-6-7-10-17(16)24;/h6-7,9-10H,5,8,11-15H2,1-4H3,(H2,21,22,23);1H. The van der Waals surface area contributed by atoms with Crippen LogP contribution in [0.4, 0.5) is 5.69 Å². The number of hydrogen-bond acceptors (Lipinski definition) is 3. The summed E-state index contributed by atoms with van der Waals surface area (Å²) >= 11 is 0. The number of para-hydroxylation sites is 1. The quantitative estimate of drug-likeness (QED) is 0.256. The predicted molar refractivity (Wildman–Crippen MR) is 122 cm³/mol. The van der Waals surface area contributed by atoms with Gasteiger partial charge in [-0.05, 0) is 45.2 Å². The molecule has 1 heterocycles. The number of benzene rings is 1. The van der Waals surface area contributed by atoms with Gasteiger partial charge < -0.3 is 20.3 Å². The van der Waals surface area contributed by atoms with Crippen molar-refractivity contribution < 1.29 is 9.53 Å². The van der Waals surface area contributed by atoms with E-state index in [-0.39, 0.29) is 35.5 Å². The number of amides is 1. The lowest BCUT2D eigenvalue weighted by atomic mass is 10.1. The predicted octanol–water partition coefficient (Wildman–Crippen LogP) is 2.95. The van der Waals surface area contributed by atoms with Crippen molar-refractivity contribution >= 4 is 41.5 Å². The van der Waals surface area contributed by atoms with Crippen LogP contribution >= 0.6 is 24.0 Å². The third kappa shape index (κ3) is 7.29. The zero-order chi connectivity index (χ0) is 19.0. The van der Waals surface area contributed by atoms with Gasteiger partial charge in [0, 0.05) is 38.9 Å². The Morgan fingerprint density at radius 1 is 1.30 bits per heavy atom. The minimum absolute atomic E-state index is 0. The summed E-state index contributed by atoms with van der Waals surface area (Å²) in [6.07, 6.45) is 2.26. The van der Waals surface area contributed by atoms with Gasteiger partial charge in [-0.25, -0.2) is 0 Å². The molecule has 0 fully saturated rings. The van der Waals surface area contributed by atoms with Gasteiger partial charge in [-0.2, -0.15) is 0 Å². The summed E-state index contributed by atoms with van der Waals surface area (Å²) in [5.74, 6) is 0.954. The number of carbonyl (C=O) groups is 1. The number of aliphatic imine (C=N–C) groups is 1. The highest BCUT2D eigenvalue weighted by molar-refractivity contribution is 14.0. The van der Waals surface area contributed by atoms with Gasteiger partial charge >= 0.3 is 0 Å². The summed E-state index contributed by atoms with van der Waals surface area (Å²) < 4.78 is 5.40. The van der Waals surface area contributed by atoms with Gasteiger partial charge in [-0.15, -0.1) is 24.0 Å². The lowest BCUT2D eigenvalue weighted by molar-refractivity contribution is -0.118. The highest BCUT2D eigenvalue weighted by atomic mass is 127. The highest BCUT2D eigenvalue weighted by Gasteiger charge is 2.23. The van der Waals surface area contributed by atoms with Crippen LogP contribution < -0.4 is 15.5 Å². The molecule has 6 nitrogen and oxygen atoms in total. The smallest absolute Gasteiger partial charge is 0.227 e. The Morgan fingerprint density at radius 2 is 2.04 bits per heavy atom. The molecule has 2 rings (SSSR count). The van der Waals surface area contributed by atoms with Crippen molar-refractivity contribution in [2.75, 3.05) is 38.2 Å². The first-order chi connectivity index (χ1) is 12.5. The molecule has 7 heteroatoms. The van der Waals surface area contributed by atoms with Crippen LogP contribution in [0.15, 0.2) is 29.3 Å². The molecule has 1 aromatic rings. The molecule has 0 bridgehead atoms. The van der Waals surface area contributed by atoms with E-state index in [1.165, 1.54) is 5.56 Å². The van der Waals surface area contributed by atoms with E-state index in [0.29, 0.717) is 19.5 Å². The van der Waals surface area contributed by atoms with Crippen molar-refractivity contribution in [1.82, 2.24) is 10.6 Å². The van der Waals surface area contributed by atoms with Crippen molar-refractivity contribution in [3.63, 3.8) is 0 Å². The van der Waals surface area contributed by atoms with Crippen molar-refractivity contribution in [2.24, 2.45) is 4.99 Å². The van der Waals surface area contributed by atoms with Crippen molar-refractivity contribution in [3.05, 3.63) is 29.8 Å². The zero-order valence-electron chi connectivity index (χ0n) is 16.9. The normalized spacial score (nSPS) is 13.8. The second kappa shape index (κ2) is 11.5. The molecule has 0 spiro atoms. The summed E-state index contributed by atoms with van der Waals surface area (Å²) in [6.45, 7) is 8.92. The number of rotatable bonds is 8. The molecule has 0 atom stereocenters. The van der Waals surface area contributed by atoms with E-state index in [0.717, 1.165) is 37.6 Å². The molecule has 0 saturated carbocycles. The van der Waals surface area contributed by atoms with Crippen LogP contribution in [0.5, 0.6) is 0 Å². The molecule has 0 aromatic heterocycles. The Balaban J connectivity index is 0.00000364. The van der Waals surface area contributed by atoms with Crippen LogP contribution in [0.1, 0.15) is 39.2 Å². The van der Waals surface area contributed by atoms with Gasteiger partial charge in [-0.1, -0.05) is 18.2 Å². The van der Waals surface area contributed by atoms with E-state index in [1.54, 1.807) is 7.11 Å². The lowest BCUT2D eigenvalue weighted by Gasteiger charge is -2.21. The van der Waals surface area contributed by atoms with E-state index in [2.05, 4.69) is 21.7 Å². The van der Waals surface area contributed by atoms with Gasteiger partial charge in [0.25, 0.3) is 0 Å². The van der Waals surface area contributed by atoms with Crippen molar-refractivity contribution in [3.8, 4) is 0 Å². The first-order valence-electron chi connectivity index (χ1n) is 9.42. The maximum absolute atomic E-state index is 12.5. The third-order valence-electron chi connectivity index (χ3n) is 4.56. The number of hydrogen-bond donors (Lipinski definition) is 2. The fourth-order valence-corrected chi connectivity index (χ4v) is 2.85. The molecule has 0 aliphatic carbocycles. The number of ether oxygens (including phenoxy) is 1. The highest BCUT2D eigenvalue weighted by Crippen LogP contribution is 2.27. The number of halogens is 1. The summed E-state index contributed by atoms with van der Waals surface area (Å²) in [5, 5.41) is 6.52. The van der Waals surface area contributed by atoms with E-state index in [1.807, 2.05) is 43.9 Å². The Kier molecular flexibility index (Phi) is 10.1. The van der Waals surface area contributed by atoms with E-state index < -0.39 is 0 Å². The summed E-state index contributed by atoms with van der Waals surface area (Å²) in [6, 6.07) is 8.16. The molecule has 2 N–H and O–H groups in total. The second-order valence-electron chi connectivity index (χ2n) is 7.11. The number of anilines is 1.